The minimum absolute atomic E-state index is 0.424. The normalized spacial score (nSPS) is 11.0. The second-order valence-electron chi connectivity index (χ2n) is 19.7. The summed E-state index contributed by atoms with van der Waals surface area (Å²) in [5.41, 5.74) is 19.9. The highest BCUT2D eigenvalue weighted by molar-refractivity contribution is 6.12. The Morgan fingerprint density at radius 1 is 0.338 bits per heavy atom. The Morgan fingerprint density at radius 2 is 0.725 bits per heavy atom. The molecule has 0 atom stereocenters. The van der Waals surface area contributed by atoms with E-state index in [9.17, 15) is 10.5 Å². The molecule has 13 aromatic rings. The van der Waals surface area contributed by atoms with Crippen LogP contribution in [0, 0.1) is 29.6 Å². The Kier molecular flexibility index (Phi) is 12.8. The fraction of sp³-hybridized carbons (Fsp3) is 0.0137. The first-order chi connectivity index (χ1) is 39.5. The van der Waals surface area contributed by atoms with Gasteiger partial charge >= 0.3 is 0 Å². The lowest BCUT2D eigenvalue weighted by atomic mass is 9.97. The van der Waals surface area contributed by atoms with Crippen molar-refractivity contribution in [3.8, 4) is 74.0 Å². The van der Waals surface area contributed by atoms with E-state index in [1.54, 1.807) is 12.1 Å². The Labute approximate surface area is 465 Å². The summed E-state index contributed by atoms with van der Waals surface area (Å²) < 4.78 is 2.42. The average molecular weight is 1020 g/mol. The second kappa shape index (κ2) is 21.1. The van der Waals surface area contributed by atoms with Crippen molar-refractivity contribution in [3.63, 3.8) is 0 Å². The number of aromatic nitrogens is 3. The molecule has 0 spiro atoms. The molecule has 0 aliphatic rings. The van der Waals surface area contributed by atoms with Crippen LogP contribution in [0.4, 0.5) is 34.1 Å². The maximum absolute atomic E-state index is 9.98. The highest BCUT2D eigenvalue weighted by Gasteiger charge is 2.22. The van der Waals surface area contributed by atoms with Gasteiger partial charge in [-0.2, -0.15) is 10.5 Å². The number of nitrogens with zero attached hydrogens (tertiary/aromatic N) is 7. The standard InChI is InChI=1S/C73H49N7/c1-50-44-55(53-32-30-51(31-33-53)52-34-36-54(37-35-52)68-47-69(64-28-16-14-18-56(64)48-74)77-73(76-68)65-29-17-15-19-57(65)49-75)38-41-70(50)80-71-42-39-62(78(58-20-6-2-7-21-58)59-22-8-3-9-23-59)45-66(71)67-46-63(40-43-72(67)80)79(60-24-10-4-11-25-60)61-26-12-5-13-27-61/h2-47H,1H3. The number of anilines is 6. The van der Waals surface area contributed by atoms with Crippen LogP contribution >= 0.6 is 0 Å². The SMILES string of the molecule is Cc1cc(-c2ccc(-c3ccc(-c4cc(-c5ccccc5C#N)nc(-c5ccccc5C#N)n4)cc3)cc2)ccc1-n1c2ccc(N(c3ccccc3)c3ccccc3)cc2c2cc(N(c3ccccc3)c3ccccc3)ccc21. The lowest BCUT2D eigenvalue weighted by Gasteiger charge is -2.26. The smallest absolute Gasteiger partial charge is 0.161 e. The first kappa shape index (κ1) is 48.5. The third kappa shape index (κ3) is 9.17. The summed E-state index contributed by atoms with van der Waals surface area (Å²) in [6.07, 6.45) is 0. The van der Waals surface area contributed by atoms with E-state index in [4.69, 9.17) is 9.97 Å². The Hall–Kier alpha value is -11.1. The van der Waals surface area contributed by atoms with Gasteiger partial charge in [-0.3, -0.25) is 0 Å². The third-order valence-corrected chi connectivity index (χ3v) is 14.8. The zero-order chi connectivity index (χ0) is 53.9. The molecule has 0 amide bonds. The van der Waals surface area contributed by atoms with Crippen molar-refractivity contribution in [2.75, 3.05) is 9.80 Å². The maximum Gasteiger partial charge on any atom is 0.161 e. The number of para-hydroxylation sites is 4. The summed E-state index contributed by atoms with van der Waals surface area (Å²) >= 11 is 0. The molecule has 0 fully saturated rings. The van der Waals surface area contributed by atoms with Crippen LogP contribution in [0.3, 0.4) is 0 Å². The number of benzene rings is 11. The van der Waals surface area contributed by atoms with Gasteiger partial charge in [0.2, 0.25) is 0 Å². The molecule has 0 saturated carbocycles. The van der Waals surface area contributed by atoms with Crippen LogP contribution in [0.15, 0.2) is 279 Å². The van der Waals surface area contributed by atoms with E-state index in [1.165, 1.54) is 0 Å². The average Bonchev–Trinajstić information content (AvgIpc) is 3.85. The van der Waals surface area contributed by atoms with Crippen LogP contribution in [0.2, 0.25) is 0 Å². The lowest BCUT2D eigenvalue weighted by Crippen LogP contribution is -2.09. The van der Waals surface area contributed by atoms with E-state index >= 15 is 0 Å². The first-order valence-corrected chi connectivity index (χ1v) is 26.6. The van der Waals surface area contributed by atoms with Crippen molar-refractivity contribution in [2.24, 2.45) is 0 Å². The number of nitriles is 2. The van der Waals surface area contributed by atoms with Crippen molar-refractivity contribution in [2.45, 2.75) is 6.92 Å². The van der Waals surface area contributed by atoms with Gasteiger partial charge in [0.1, 0.15) is 0 Å². The van der Waals surface area contributed by atoms with E-state index in [0.717, 1.165) is 95.0 Å². The summed E-state index contributed by atoms with van der Waals surface area (Å²) in [5.74, 6) is 0.424. The topological polar surface area (TPSA) is 84.8 Å². The van der Waals surface area contributed by atoms with E-state index in [-0.39, 0.29) is 0 Å². The number of rotatable bonds is 12. The van der Waals surface area contributed by atoms with Crippen molar-refractivity contribution < 1.29 is 0 Å². The van der Waals surface area contributed by atoms with Gasteiger partial charge in [0.05, 0.1) is 45.7 Å². The predicted molar refractivity (Wildman–Crippen MR) is 327 cm³/mol. The molecule has 0 unspecified atom stereocenters. The quantitative estimate of drug-likeness (QED) is 0.121. The van der Waals surface area contributed by atoms with E-state index in [0.29, 0.717) is 39.5 Å². The van der Waals surface area contributed by atoms with Gasteiger partial charge in [0.25, 0.3) is 0 Å². The third-order valence-electron chi connectivity index (χ3n) is 14.8. The van der Waals surface area contributed by atoms with Gasteiger partial charge in [-0.1, -0.05) is 158 Å². The summed E-state index contributed by atoms with van der Waals surface area (Å²) in [5, 5.41) is 22.3. The fourth-order valence-electron chi connectivity index (χ4n) is 10.9. The molecule has 376 valence electrons. The van der Waals surface area contributed by atoms with Crippen LogP contribution in [0.1, 0.15) is 16.7 Å². The second-order valence-corrected chi connectivity index (χ2v) is 19.7. The van der Waals surface area contributed by atoms with E-state index in [2.05, 4.69) is 258 Å². The van der Waals surface area contributed by atoms with Gasteiger partial charge in [-0.05, 0) is 156 Å². The molecule has 0 aliphatic carbocycles. The van der Waals surface area contributed by atoms with Gasteiger partial charge in [-0.15, -0.1) is 0 Å². The molecule has 0 bridgehead atoms. The minimum atomic E-state index is 0.424. The Morgan fingerprint density at radius 3 is 1.19 bits per heavy atom. The molecule has 0 radical (unpaired) electrons. The molecule has 2 aromatic heterocycles. The molecular formula is C73H49N7. The van der Waals surface area contributed by atoms with Crippen molar-refractivity contribution >= 4 is 55.9 Å². The van der Waals surface area contributed by atoms with Crippen LogP contribution in [-0.2, 0) is 0 Å². The number of fused-ring (bicyclic) bond motifs is 3. The number of hydrogen-bond donors (Lipinski definition) is 0. The lowest BCUT2D eigenvalue weighted by molar-refractivity contribution is 1.15. The molecule has 0 aliphatic heterocycles. The molecule has 13 rings (SSSR count). The predicted octanol–water partition coefficient (Wildman–Crippen LogP) is 18.9. The molecule has 2 heterocycles. The fourth-order valence-corrected chi connectivity index (χ4v) is 10.9. The maximum atomic E-state index is 9.98. The molecule has 7 heteroatoms. The van der Waals surface area contributed by atoms with Gasteiger partial charge in [0.15, 0.2) is 5.82 Å². The monoisotopic (exact) mass is 1020 g/mol. The zero-order valence-corrected chi connectivity index (χ0v) is 43.7. The molecule has 7 nitrogen and oxygen atoms in total. The van der Waals surface area contributed by atoms with Crippen LogP contribution in [0.25, 0.3) is 83.6 Å². The summed E-state index contributed by atoms with van der Waals surface area (Å²) in [4.78, 5) is 14.5. The number of aryl methyl sites for hydroxylation is 1. The van der Waals surface area contributed by atoms with Crippen molar-refractivity contribution in [1.82, 2.24) is 14.5 Å². The van der Waals surface area contributed by atoms with E-state index < -0.39 is 0 Å². The van der Waals surface area contributed by atoms with Crippen LogP contribution in [-0.4, -0.2) is 14.5 Å². The van der Waals surface area contributed by atoms with Crippen molar-refractivity contribution in [1.29, 1.82) is 10.5 Å². The first-order valence-electron chi connectivity index (χ1n) is 26.6. The minimum Gasteiger partial charge on any atom is -0.310 e. The number of hydrogen-bond acceptors (Lipinski definition) is 6. The molecular weight excluding hydrogens is 975 g/mol. The van der Waals surface area contributed by atoms with E-state index in [1.807, 2.05) is 42.5 Å². The largest absolute Gasteiger partial charge is 0.310 e. The van der Waals surface area contributed by atoms with Crippen LogP contribution < -0.4 is 9.80 Å². The highest BCUT2D eigenvalue weighted by Crippen LogP contribution is 2.44. The summed E-state index contributed by atoms with van der Waals surface area (Å²) in [6, 6.07) is 101. The van der Waals surface area contributed by atoms with Gasteiger partial charge < -0.3 is 14.4 Å². The molecule has 0 saturated heterocycles. The molecule has 80 heavy (non-hydrogen) atoms. The van der Waals surface area contributed by atoms with Gasteiger partial charge in [-0.25, -0.2) is 9.97 Å². The zero-order valence-electron chi connectivity index (χ0n) is 43.7. The summed E-state index contributed by atoms with van der Waals surface area (Å²) in [7, 11) is 0. The highest BCUT2D eigenvalue weighted by atomic mass is 15.1. The molecule has 0 N–H and O–H groups in total. The summed E-state index contributed by atoms with van der Waals surface area (Å²) in [6.45, 7) is 2.21. The molecule has 11 aromatic carbocycles. The Balaban J connectivity index is 0.856. The van der Waals surface area contributed by atoms with Crippen molar-refractivity contribution in [3.05, 3.63) is 296 Å². The van der Waals surface area contributed by atoms with Gasteiger partial charge in [0, 0.05) is 67.3 Å². The Bertz CT molecular complexity index is 4190. The van der Waals surface area contributed by atoms with Crippen LogP contribution in [0.5, 0.6) is 0 Å².